The lowest BCUT2D eigenvalue weighted by Crippen LogP contribution is -2.55. The number of nitrogens with zero attached hydrogens (tertiary/aromatic N) is 2. The van der Waals surface area contributed by atoms with Gasteiger partial charge in [0, 0.05) is 25.2 Å². The molecule has 1 spiro atoms. The highest BCUT2D eigenvalue weighted by atomic mass is 16.5. The Kier molecular flexibility index (Phi) is 5.86. The molecule has 0 radical (unpaired) electrons. The average Bonchev–Trinajstić information content (AvgIpc) is 2.96. The zero-order chi connectivity index (χ0) is 21.2. The summed E-state index contributed by atoms with van der Waals surface area (Å²) in [6.07, 6.45) is 1.48. The quantitative estimate of drug-likeness (QED) is 0.723. The monoisotopic (exact) mass is 405 g/mol. The van der Waals surface area contributed by atoms with E-state index in [1.807, 2.05) is 6.92 Å². The van der Waals surface area contributed by atoms with Gasteiger partial charge in [-0.05, 0) is 31.4 Å². The molecule has 2 heterocycles. The van der Waals surface area contributed by atoms with E-state index in [1.165, 1.54) is 26.2 Å². The van der Waals surface area contributed by atoms with E-state index in [4.69, 9.17) is 14.2 Å². The molecule has 1 N–H and O–H groups in total. The Balaban J connectivity index is 1.76. The molecule has 0 unspecified atom stereocenters. The van der Waals surface area contributed by atoms with Crippen LogP contribution in [0.15, 0.2) is 12.1 Å². The first-order chi connectivity index (χ1) is 13.9. The van der Waals surface area contributed by atoms with Crippen molar-refractivity contribution < 1.29 is 28.6 Å². The van der Waals surface area contributed by atoms with E-state index in [2.05, 4.69) is 5.32 Å². The first-order valence-electron chi connectivity index (χ1n) is 9.64. The third-order valence-corrected chi connectivity index (χ3v) is 5.51. The van der Waals surface area contributed by atoms with Gasteiger partial charge in [-0.3, -0.25) is 14.5 Å². The zero-order valence-corrected chi connectivity index (χ0v) is 17.2. The standard InChI is InChI=1S/C20H27N3O6/c1-5-8-23-18(25)20(21-19(23)26)6-9-22(10-7-20)17(24)13-11-14(27-2)16(29-4)15(12-13)28-3/h11-12H,5-10H2,1-4H3,(H,21,26). The largest absolute Gasteiger partial charge is 0.493 e. The molecule has 0 saturated carbocycles. The Hall–Kier alpha value is -2.97. The minimum absolute atomic E-state index is 0.191. The molecule has 0 aromatic heterocycles. The van der Waals surface area contributed by atoms with Gasteiger partial charge in [-0.2, -0.15) is 0 Å². The summed E-state index contributed by atoms with van der Waals surface area (Å²) < 4.78 is 15.9. The number of likely N-dealkylation sites (tertiary alicyclic amines) is 1. The predicted octanol–water partition coefficient (Wildman–Crippen LogP) is 1.65. The SMILES string of the molecule is CCCN1C(=O)NC2(CCN(C(=O)c3cc(OC)c(OC)c(OC)c3)CC2)C1=O. The summed E-state index contributed by atoms with van der Waals surface area (Å²) >= 11 is 0. The fraction of sp³-hybridized carbons (Fsp3) is 0.550. The van der Waals surface area contributed by atoms with Crippen LogP contribution >= 0.6 is 0 Å². The number of ether oxygens (including phenoxy) is 3. The Bertz CT molecular complexity index is 791. The van der Waals surface area contributed by atoms with Gasteiger partial charge in [0.2, 0.25) is 5.75 Å². The van der Waals surface area contributed by atoms with E-state index < -0.39 is 5.54 Å². The number of carbonyl (C=O) groups is 3. The number of urea groups is 1. The minimum atomic E-state index is -0.904. The molecule has 3 rings (SSSR count). The van der Waals surface area contributed by atoms with Gasteiger partial charge in [-0.25, -0.2) is 4.79 Å². The summed E-state index contributed by atoms with van der Waals surface area (Å²) in [6, 6.07) is 2.88. The third-order valence-electron chi connectivity index (χ3n) is 5.51. The number of hydrogen-bond donors (Lipinski definition) is 1. The van der Waals surface area contributed by atoms with Crippen LogP contribution in [0.4, 0.5) is 4.79 Å². The van der Waals surface area contributed by atoms with Crippen molar-refractivity contribution in [3.05, 3.63) is 17.7 Å². The summed E-state index contributed by atoms with van der Waals surface area (Å²) in [5, 5.41) is 2.85. The molecular weight excluding hydrogens is 378 g/mol. The number of benzene rings is 1. The summed E-state index contributed by atoms with van der Waals surface area (Å²) in [6.45, 7) is 3.05. The predicted molar refractivity (Wildman–Crippen MR) is 105 cm³/mol. The fourth-order valence-corrected chi connectivity index (χ4v) is 3.92. The van der Waals surface area contributed by atoms with Gasteiger partial charge < -0.3 is 24.4 Å². The zero-order valence-electron chi connectivity index (χ0n) is 17.2. The van der Waals surface area contributed by atoms with E-state index in [-0.39, 0.29) is 17.8 Å². The van der Waals surface area contributed by atoms with Gasteiger partial charge in [0.25, 0.3) is 11.8 Å². The lowest BCUT2D eigenvalue weighted by Gasteiger charge is -2.37. The molecule has 9 nitrogen and oxygen atoms in total. The number of nitrogens with one attached hydrogen (secondary N) is 1. The smallest absolute Gasteiger partial charge is 0.325 e. The minimum Gasteiger partial charge on any atom is -0.493 e. The Morgan fingerprint density at radius 1 is 1.07 bits per heavy atom. The van der Waals surface area contributed by atoms with Crippen molar-refractivity contribution in [2.24, 2.45) is 0 Å². The Morgan fingerprint density at radius 3 is 2.14 bits per heavy atom. The van der Waals surface area contributed by atoms with E-state index in [9.17, 15) is 14.4 Å². The average molecular weight is 405 g/mol. The molecule has 2 aliphatic heterocycles. The summed E-state index contributed by atoms with van der Waals surface area (Å²) in [5.74, 6) is 0.833. The van der Waals surface area contributed by atoms with Gasteiger partial charge >= 0.3 is 6.03 Å². The lowest BCUT2D eigenvalue weighted by atomic mass is 9.87. The number of rotatable bonds is 6. The maximum absolute atomic E-state index is 13.0. The molecular formula is C20H27N3O6. The van der Waals surface area contributed by atoms with Gasteiger partial charge in [0.15, 0.2) is 11.5 Å². The fourth-order valence-electron chi connectivity index (χ4n) is 3.92. The van der Waals surface area contributed by atoms with Gasteiger partial charge in [0.05, 0.1) is 21.3 Å². The van der Waals surface area contributed by atoms with Crippen LogP contribution in [0, 0.1) is 0 Å². The molecule has 4 amide bonds. The highest BCUT2D eigenvalue weighted by molar-refractivity contribution is 6.07. The highest BCUT2D eigenvalue weighted by Crippen LogP contribution is 2.39. The Morgan fingerprint density at radius 2 is 1.66 bits per heavy atom. The van der Waals surface area contributed by atoms with Crippen LogP contribution in [0.5, 0.6) is 17.2 Å². The van der Waals surface area contributed by atoms with Crippen molar-refractivity contribution in [1.29, 1.82) is 0 Å². The second-order valence-electron chi connectivity index (χ2n) is 7.18. The second kappa shape index (κ2) is 8.18. The number of carbonyl (C=O) groups excluding carboxylic acids is 3. The molecule has 29 heavy (non-hydrogen) atoms. The van der Waals surface area contributed by atoms with Crippen LogP contribution in [0.2, 0.25) is 0 Å². The molecule has 0 bridgehead atoms. The van der Waals surface area contributed by atoms with Gasteiger partial charge in [0.1, 0.15) is 5.54 Å². The molecule has 158 valence electrons. The number of hydrogen-bond acceptors (Lipinski definition) is 6. The van der Waals surface area contributed by atoms with Gasteiger partial charge in [-0.1, -0.05) is 6.92 Å². The molecule has 2 aliphatic rings. The maximum Gasteiger partial charge on any atom is 0.325 e. The van der Waals surface area contributed by atoms with Crippen molar-refractivity contribution >= 4 is 17.8 Å². The van der Waals surface area contributed by atoms with Crippen LogP contribution < -0.4 is 19.5 Å². The normalized spacial score (nSPS) is 18.1. The van der Waals surface area contributed by atoms with Gasteiger partial charge in [-0.15, -0.1) is 0 Å². The number of methoxy groups -OCH3 is 3. The van der Waals surface area contributed by atoms with Crippen LogP contribution in [0.25, 0.3) is 0 Å². The summed E-state index contributed by atoms with van der Waals surface area (Å²) in [5.41, 5.74) is -0.497. The van der Waals surface area contributed by atoms with Crippen LogP contribution in [-0.4, -0.2) is 74.1 Å². The summed E-state index contributed by atoms with van der Waals surface area (Å²) in [4.78, 5) is 40.9. The van der Waals surface area contributed by atoms with E-state index in [1.54, 1.807) is 17.0 Å². The molecule has 2 saturated heterocycles. The lowest BCUT2D eigenvalue weighted by molar-refractivity contribution is -0.132. The molecule has 2 fully saturated rings. The first kappa shape index (κ1) is 20.8. The molecule has 0 atom stereocenters. The third kappa shape index (κ3) is 3.56. The first-order valence-corrected chi connectivity index (χ1v) is 9.64. The number of piperidine rings is 1. The van der Waals surface area contributed by atoms with E-state index in [0.29, 0.717) is 61.7 Å². The number of amides is 4. The second-order valence-corrected chi connectivity index (χ2v) is 7.18. The van der Waals surface area contributed by atoms with E-state index >= 15 is 0 Å². The van der Waals surface area contributed by atoms with Crippen LogP contribution in [0.1, 0.15) is 36.5 Å². The molecule has 1 aromatic carbocycles. The van der Waals surface area contributed by atoms with Crippen molar-refractivity contribution in [3.8, 4) is 17.2 Å². The van der Waals surface area contributed by atoms with Crippen LogP contribution in [0.3, 0.4) is 0 Å². The van der Waals surface area contributed by atoms with E-state index in [0.717, 1.165) is 0 Å². The van der Waals surface area contributed by atoms with Crippen molar-refractivity contribution in [2.75, 3.05) is 41.0 Å². The van der Waals surface area contributed by atoms with Crippen molar-refractivity contribution in [2.45, 2.75) is 31.7 Å². The molecule has 0 aliphatic carbocycles. The topological polar surface area (TPSA) is 97.4 Å². The van der Waals surface area contributed by atoms with Crippen LogP contribution in [-0.2, 0) is 4.79 Å². The maximum atomic E-state index is 13.0. The molecule has 9 heteroatoms. The van der Waals surface area contributed by atoms with Crippen molar-refractivity contribution in [3.63, 3.8) is 0 Å². The molecule has 1 aromatic rings. The highest BCUT2D eigenvalue weighted by Gasteiger charge is 2.52. The Labute approximate surface area is 169 Å². The van der Waals surface area contributed by atoms with Crippen molar-refractivity contribution in [1.82, 2.24) is 15.1 Å². The number of imide groups is 1. The summed E-state index contributed by atoms with van der Waals surface area (Å²) in [7, 11) is 4.49.